The topological polar surface area (TPSA) is 98.7 Å². The van der Waals surface area contributed by atoms with E-state index in [9.17, 15) is 19.5 Å². The Labute approximate surface area is 189 Å². The molecule has 7 nitrogen and oxygen atoms in total. The Morgan fingerprint density at radius 2 is 1.55 bits per heavy atom. The number of carboxylic acids is 1. The van der Waals surface area contributed by atoms with Crippen molar-refractivity contribution in [2.75, 3.05) is 7.05 Å². The first-order chi connectivity index (χ1) is 14.2. The summed E-state index contributed by atoms with van der Waals surface area (Å²) in [4.78, 5) is 39.6. The molecule has 0 bridgehead atoms. The van der Waals surface area contributed by atoms with Crippen LogP contribution >= 0.6 is 0 Å². The molecular formula is C24H45N3O4. The minimum Gasteiger partial charge on any atom is -0.478 e. The summed E-state index contributed by atoms with van der Waals surface area (Å²) in [5, 5.41) is 15.7. The highest BCUT2D eigenvalue weighted by Crippen LogP contribution is 2.20. The molecule has 0 aliphatic heterocycles. The number of carbonyl (C=O) groups excluding carboxylic acids is 2. The van der Waals surface area contributed by atoms with Gasteiger partial charge in [0.25, 0.3) is 0 Å². The van der Waals surface area contributed by atoms with Crippen LogP contribution in [0.4, 0.5) is 0 Å². The zero-order valence-electron chi connectivity index (χ0n) is 21.2. The molecule has 0 heterocycles. The molecule has 2 amide bonds. The summed E-state index contributed by atoms with van der Waals surface area (Å²) in [5.41, 5.74) is -0.542. The smallest absolute Gasteiger partial charge is 0.331 e. The molecular weight excluding hydrogens is 394 g/mol. The second kappa shape index (κ2) is 12.8. The van der Waals surface area contributed by atoms with Crippen LogP contribution in [-0.4, -0.2) is 58.5 Å². The fourth-order valence-electron chi connectivity index (χ4n) is 3.85. The highest BCUT2D eigenvalue weighted by atomic mass is 16.4. The molecule has 0 aliphatic carbocycles. The summed E-state index contributed by atoms with van der Waals surface area (Å²) >= 11 is 0. The van der Waals surface area contributed by atoms with Gasteiger partial charge in [-0.1, -0.05) is 47.6 Å². The summed E-state index contributed by atoms with van der Waals surface area (Å²) in [6.07, 6.45) is 3.34. The molecule has 31 heavy (non-hydrogen) atoms. The van der Waals surface area contributed by atoms with Gasteiger partial charge >= 0.3 is 5.97 Å². The Balaban J connectivity index is 5.91. The van der Waals surface area contributed by atoms with Gasteiger partial charge < -0.3 is 20.6 Å². The van der Waals surface area contributed by atoms with Gasteiger partial charge in [-0.25, -0.2) is 4.79 Å². The van der Waals surface area contributed by atoms with Gasteiger partial charge in [-0.2, -0.15) is 0 Å². The molecule has 0 aromatic carbocycles. The van der Waals surface area contributed by atoms with Crippen LogP contribution in [0.25, 0.3) is 0 Å². The first-order valence-corrected chi connectivity index (χ1v) is 11.5. The van der Waals surface area contributed by atoms with E-state index in [0.29, 0.717) is 19.3 Å². The average Bonchev–Trinajstić information content (AvgIpc) is 2.67. The van der Waals surface area contributed by atoms with Gasteiger partial charge in [0.05, 0.1) is 11.6 Å². The Hall–Kier alpha value is -1.89. The van der Waals surface area contributed by atoms with Crippen LogP contribution in [0.1, 0.15) is 81.6 Å². The van der Waals surface area contributed by atoms with E-state index in [1.54, 1.807) is 18.0 Å². The van der Waals surface area contributed by atoms with E-state index in [-0.39, 0.29) is 41.3 Å². The average molecular weight is 440 g/mol. The predicted molar refractivity (Wildman–Crippen MR) is 126 cm³/mol. The van der Waals surface area contributed by atoms with E-state index >= 15 is 0 Å². The molecule has 7 heteroatoms. The molecule has 180 valence electrons. The molecule has 0 radical (unpaired) electrons. The summed E-state index contributed by atoms with van der Waals surface area (Å²) in [7, 11) is 1.68. The molecule has 0 aliphatic rings. The van der Waals surface area contributed by atoms with E-state index < -0.39 is 17.6 Å². The van der Waals surface area contributed by atoms with E-state index in [1.807, 2.05) is 55.4 Å². The van der Waals surface area contributed by atoms with Crippen LogP contribution in [0, 0.1) is 11.8 Å². The van der Waals surface area contributed by atoms with Crippen LogP contribution in [-0.2, 0) is 14.4 Å². The summed E-state index contributed by atoms with van der Waals surface area (Å²) in [5.74, 6) is -1.16. The van der Waals surface area contributed by atoms with Crippen molar-refractivity contribution < 1.29 is 19.5 Å². The van der Waals surface area contributed by atoms with Crippen molar-refractivity contribution >= 4 is 17.8 Å². The van der Waals surface area contributed by atoms with E-state index in [4.69, 9.17) is 0 Å². The number of hydrogen-bond acceptors (Lipinski definition) is 4. The van der Waals surface area contributed by atoms with Crippen LogP contribution in [0.5, 0.6) is 0 Å². The minimum atomic E-state index is -1.01. The van der Waals surface area contributed by atoms with Gasteiger partial charge in [0.2, 0.25) is 11.8 Å². The summed E-state index contributed by atoms with van der Waals surface area (Å²) < 4.78 is 0. The number of hydrogen-bond donors (Lipinski definition) is 3. The highest BCUT2D eigenvalue weighted by molar-refractivity contribution is 5.92. The second-order valence-corrected chi connectivity index (χ2v) is 9.58. The lowest BCUT2D eigenvalue weighted by molar-refractivity contribution is -0.139. The van der Waals surface area contributed by atoms with Crippen molar-refractivity contribution in [1.82, 2.24) is 15.5 Å². The fourth-order valence-corrected chi connectivity index (χ4v) is 3.85. The number of carbonyl (C=O) groups is 3. The highest BCUT2D eigenvalue weighted by Gasteiger charge is 2.38. The SMILES string of the molecule is CCC(CC)(NC(C)C)C(=O)N[C@@H](CC(C)C)C(=O)N(C)[C@H](C=C(C)C(=O)O)C(C)C. The number of aliphatic carboxylic acids is 1. The van der Waals surface area contributed by atoms with Crippen LogP contribution < -0.4 is 10.6 Å². The summed E-state index contributed by atoms with van der Waals surface area (Å²) in [6.45, 7) is 17.4. The Bertz CT molecular complexity index is 637. The standard InChI is InChI=1S/C24H45N3O4/c1-11-24(12-2,26-17(7)8)23(31)25-19(13-15(3)4)21(28)27(10)20(16(5)6)14-18(9)22(29)30/h14-17,19-20,26H,11-13H2,1-10H3,(H,25,31)(H,29,30)/t19-,20+/m0/s1. The maximum Gasteiger partial charge on any atom is 0.331 e. The normalized spacial score (nSPS) is 14.7. The third kappa shape index (κ3) is 8.63. The third-order valence-corrected chi connectivity index (χ3v) is 5.75. The molecule has 0 saturated carbocycles. The quantitative estimate of drug-likeness (QED) is 0.381. The van der Waals surface area contributed by atoms with E-state index in [2.05, 4.69) is 10.6 Å². The van der Waals surface area contributed by atoms with Gasteiger partial charge in [-0.3, -0.25) is 9.59 Å². The first-order valence-electron chi connectivity index (χ1n) is 11.5. The van der Waals surface area contributed by atoms with E-state index in [0.717, 1.165) is 0 Å². The minimum absolute atomic E-state index is 0.0200. The molecule has 0 saturated heterocycles. The van der Waals surface area contributed by atoms with Crippen molar-refractivity contribution in [3.05, 3.63) is 11.6 Å². The van der Waals surface area contributed by atoms with Gasteiger partial charge in [-0.15, -0.1) is 0 Å². The van der Waals surface area contributed by atoms with Gasteiger partial charge in [0.15, 0.2) is 0 Å². The Morgan fingerprint density at radius 3 is 1.90 bits per heavy atom. The first kappa shape index (κ1) is 29.1. The Morgan fingerprint density at radius 1 is 1.03 bits per heavy atom. The monoisotopic (exact) mass is 439 g/mol. The zero-order valence-corrected chi connectivity index (χ0v) is 21.2. The maximum absolute atomic E-state index is 13.5. The zero-order chi connectivity index (χ0) is 24.5. The second-order valence-electron chi connectivity index (χ2n) is 9.58. The van der Waals surface area contributed by atoms with Crippen molar-refractivity contribution in [3.8, 4) is 0 Å². The molecule has 0 unspecified atom stereocenters. The lowest BCUT2D eigenvalue weighted by Crippen LogP contribution is -2.62. The number of carboxylic acid groups (broad SMARTS) is 1. The van der Waals surface area contributed by atoms with Crippen molar-refractivity contribution in [1.29, 1.82) is 0 Å². The van der Waals surface area contributed by atoms with Crippen molar-refractivity contribution in [2.24, 2.45) is 11.8 Å². The summed E-state index contributed by atoms with van der Waals surface area (Å²) in [6, 6.07) is -0.934. The molecule has 0 rings (SSSR count). The maximum atomic E-state index is 13.5. The van der Waals surface area contributed by atoms with Gasteiger partial charge in [0.1, 0.15) is 6.04 Å². The van der Waals surface area contributed by atoms with Gasteiger partial charge in [-0.05, 0) is 51.9 Å². The lowest BCUT2D eigenvalue weighted by Gasteiger charge is -2.37. The van der Waals surface area contributed by atoms with Crippen molar-refractivity contribution in [3.63, 3.8) is 0 Å². The van der Waals surface area contributed by atoms with Crippen LogP contribution in [0.15, 0.2) is 11.6 Å². The lowest BCUT2D eigenvalue weighted by atomic mass is 9.89. The number of nitrogens with one attached hydrogen (secondary N) is 2. The van der Waals surface area contributed by atoms with E-state index in [1.165, 1.54) is 6.92 Å². The third-order valence-electron chi connectivity index (χ3n) is 5.75. The molecule has 0 aromatic rings. The largest absolute Gasteiger partial charge is 0.478 e. The van der Waals surface area contributed by atoms with Gasteiger partial charge in [0, 0.05) is 18.7 Å². The molecule has 0 fully saturated rings. The Kier molecular flexibility index (Phi) is 12.1. The molecule has 2 atom stereocenters. The number of rotatable bonds is 13. The molecule has 3 N–H and O–H groups in total. The number of nitrogens with zero attached hydrogens (tertiary/aromatic N) is 1. The predicted octanol–water partition coefficient (Wildman–Crippen LogP) is 3.59. The van der Waals surface area contributed by atoms with Crippen molar-refractivity contribution in [2.45, 2.75) is 105 Å². The van der Waals surface area contributed by atoms with Crippen LogP contribution in [0.3, 0.4) is 0 Å². The fraction of sp³-hybridized carbons (Fsp3) is 0.792. The number of amides is 2. The van der Waals surface area contributed by atoms with Crippen LogP contribution in [0.2, 0.25) is 0 Å². The molecule has 0 aromatic heterocycles. The number of likely N-dealkylation sites (N-methyl/N-ethyl adjacent to an activating group) is 1. The molecule has 0 spiro atoms.